The van der Waals surface area contributed by atoms with Crippen molar-refractivity contribution in [2.75, 3.05) is 21.2 Å². The second-order valence-electron chi connectivity index (χ2n) is 10.1. The van der Waals surface area contributed by atoms with Crippen molar-refractivity contribution in [1.29, 1.82) is 0 Å². The average Bonchev–Trinajstić information content (AvgIpc) is 2.99. The number of rotatable bonds is 13. The minimum atomic E-state index is -0.821. The molecule has 0 aliphatic heterocycles. The van der Waals surface area contributed by atoms with Crippen LogP contribution in [0.15, 0.2) is 64.5 Å². The summed E-state index contributed by atoms with van der Waals surface area (Å²) in [5.74, 6) is 0.322. The van der Waals surface area contributed by atoms with Crippen molar-refractivity contribution in [2.45, 2.75) is 45.6 Å². The second-order valence-corrected chi connectivity index (χ2v) is 10.1. The Morgan fingerprint density at radius 2 is 1.80 bits per heavy atom. The number of carbonyl (C=O) groups is 1. The number of non-ortho nitro benzene ring substituents is 1. The molecule has 44 heavy (non-hydrogen) atoms. The number of carbonyl (C=O) groups excluding carboxylic acids is 1. The fraction of sp³-hybridized carbons (Fsp3) is 0.333. The summed E-state index contributed by atoms with van der Waals surface area (Å²) in [4.78, 5) is 55.6. The van der Waals surface area contributed by atoms with Gasteiger partial charge in [0.05, 0.1) is 36.9 Å². The summed E-state index contributed by atoms with van der Waals surface area (Å²) in [6.45, 7) is 3.36. The highest BCUT2D eigenvalue weighted by atomic mass is 16.6. The molecule has 0 aliphatic carbocycles. The number of hydrogen-bond acceptors (Lipinski definition) is 11. The molecule has 0 saturated carbocycles. The molecule has 4 aromatic rings. The minimum absolute atomic E-state index is 0.0186. The highest BCUT2D eigenvalue weighted by molar-refractivity contribution is 5.70. The molecule has 0 bridgehead atoms. The molecule has 0 fully saturated rings. The molecule has 0 radical (unpaired) electrons. The molecule has 0 N–H and O–H groups in total. The van der Waals surface area contributed by atoms with Gasteiger partial charge in [-0.1, -0.05) is 24.3 Å². The van der Waals surface area contributed by atoms with Crippen LogP contribution in [-0.4, -0.2) is 69.0 Å². The Bertz CT molecular complexity index is 1700. The van der Waals surface area contributed by atoms with Gasteiger partial charge in [-0.05, 0) is 36.6 Å². The number of nitrogens with zero attached hydrogens (tertiary/aromatic N) is 7. The highest BCUT2D eigenvalue weighted by Gasteiger charge is 2.26. The van der Waals surface area contributed by atoms with E-state index in [1.807, 2.05) is 24.3 Å². The quantitative estimate of drug-likeness (QED) is 0.0718. The van der Waals surface area contributed by atoms with Gasteiger partial charge in [-0.15, -0.1) is 0 Å². The van der Waals surface area contributed by atoms with E-state index in [2.05, 4.69) is 19.9 Å². The Morgan fingerprint density at radius 1 is 1.11 bits per heavy atom. The van der Waals surface area contributed by atoms with Crippen molar-refractivity contribution < 1.29 is 23.9 Å². The summed E-state index contributed by atoms with van der Waals surface area (Å²) in [7, 11) is 5.14. The molecule has 14 heteroatoms. The van der Waals surface area contributed by atoms with Crippen molar-refractivity contribution in [3.63, 3.8) is 0 Å². The van der Waals surface area contributed by atoms with E-state index in [0.717, 1.165) is 11.1 Å². The Hall–Kier alpha value is -5.24. The first-order valence-electron chi connectivity index (χ1n) is 13.7. The van der Waals surface area contributed by atoms with E-state index in [0.29, 0.717) is 17.9 Å². The van der Waals surface area contributed by atoms with Crippen LogP contribution in [0.1, 0.15) is 36.8 Å². The minimum Gasteiger partial charge on any atom is -0.497 e. The molecule has 0 amide bonds. The van der Waals surface area contributed by atoms with Gasteiger partial charge in [0, 0.05) is 39.7 Å². The summed E-state index contributed by atoms with van der Waals surface area (Å²) in [6, 6.07) is 13.4. The van der Waals surface area contributed by atoms with E-state index in [9.17, 15) is 19.7 Å². The lowest BCUT2D eigenvalue weighted by Gasteiger charge is -2.23. The van der Waals surface area contributed by atoms with Gasteiger partial charge >= 0.3 is 5.97 Å². The predicted octanol–water partition coefficient (Wildman–Crippen LogP) is 3.78. The number of esters is 1. The van der Waals surface area contributed by atoms with Gasteiger partial charge in [-0.2, -0.15) is 4.98 Å². The first-order chi connectivity index (χ1) is 21.0. The van der Waals surface area contributed by atoms with Crippen molar-refractivity contribution in [2.24, 2.45) is 4.99 Å². The van der Waals surface area contributed by atoms with Gasteiger partial charge in [0.1, 0.15) is 18.0 Å². The number of aliphatic imine (C=N–C) groups is 1. The van der Waals surface area contributed by atoms with Crippen LogP contribution < -0.4 is 10.3 Å². The van der Waals surface area contributed by atoms with Gasteiger partial charge in [0.2, 0.25) is 5.95 Å². The maximum absolute atomic E-state index is 13.6. The monoisotopic (exact) mass is 603 g/mol. The molecule has 0 spiro atoms. The summed E-state index contributed by atoms with van der Waals surface area (Å²) >= 11 is 0. The Kier molecular flexibility index (Phi) is 10.3. The predicted molar refractivity (Wildman–Crippen MR) is 162 cm³/mol. The SMILES string of the molecule is COc1ccc(CO[C@H](c2cnc3c(=O)n(CCc4ccc([N+](=O)[O-])cc4)c(/N=C/N(C)C)nc3n2)[C@H](C)OC(C)=O)cc1. The fourth-order valence-corrected chi connectivity index (χ4v) is 4.32. The van der Waals surface area contributed by atoms with E-state index in [-0.39, 0.29) is 36.0 Å². The largest absolute Gasteiger partial charge is 0.497 e. The smallest absolute Gasteiger partial charge is 0.302 e. The Balaban J connectivity index is 1.69. The van der Waals surface area contributed by atoms with E-state index in [1.165, 1.54) is 36.2 Å². The van der Waals surface area contributed by atoms with Crippen LogP contribution >= 0.6 is 0 Å². The molecule has 4 rings (SSSR count). The van der Waals surface area contributed by atoms with Crippen LogP contribution in [0, 0.1) is 10.1 Å². The van der Waals surface area contributed by atoms with Gasteiger partial charge in [-0.25, -0.2) is 15.0 Å². The maximum atomic E-state index is 13.6. The van der Waals surface area contributed by atoms with Crippen LogP contribution in [0.25, 0.3) is 11.2 Å². The topological polar surface area (TPSA) is 164 Å². The lowest BCUT2D eigenvalue weighted by atomic mass is 10.1. The van der Waals surface area contributed by atoms with Gasteiger partial charge in [0.25, 0.3) is 11.2 Å². The average molecular weight is 604 g/mol. The zero-order chi connectivity index (χ0) is 31.8. The molecule has 230 valence electrons. The van der Waals surface area contributed by atoms with Crippen molar-refractivity contribution >= 4 is 35.1 Å². The first-order valence-corrected chi connectivity index (χ1v) is 13.7. The number of hydrogen-bond donors (Lipinski definition) is 0. The molecule has 0 saturated heterocycles. The standard InChI is InChI=1S/C30H33N7O7/c1-19(44-20(2)38)27(43-17-22-8-12-24(42-5)13-9-22)25-16-31-26-28(33-25)34-30(32-18-35(3)4)36(29(26)39)15-14-21-6-10-23(11-7-21)37(40)41/h6-13,16,18-19,27H,14-15,17H2,1-5H3/b32-18+/t19-,27-/m0/s1. The number of aromatic nitrogens is 4. The van der Waals surface area contributed by atoms with Crippen molar-refractivity contribution in [3.8, 4) is 5.75 Å². The third kappa shape index (κ3) is 7.98. The van der Waals surface area contributed by atoms with Crippen molar-refractivity contribution in [3.05, 3.63) is 92.0 Å². The van der Waals surface area contributed by atoms with Gasteiger partial charge in [-0.3, -0.25) is 24.3 Å². The maximum Gasteiger partial charge on any atom is 0.302 e. The van der Waals surface area contributed by atoms with Crippen LogP contribution in [0.4, 0.5) is 11.6 Å². The zero-order valence-corrected chi connectivity index (χ0v) is 25.0. The Morgan fingerprint density at radius 3 is 2.41 bits per heavy atom. The lowest BCUT2D eigenvalue weighted by Crippen LogP contribution is -2.27. The number of methoxy groups -OCH3 is 1. The van der Waals surface area contributed by atoms with Crippen LogP contribution in [0.3, 0.4) is 0 Å². The van der Waals surface area contributed by atoms with E-state index in [1.54, 1.807) is 45.2 Å². The molecule has 2 aromatic carbocycles. The van der Waals surface area contributed by atoms with Crippen LogP contribution in [-0.2, 0) is 33.8 Å². The molecule has 0 aliphatic rings. The number of aryl methyl sites for hydroxylation is 1. The summed E-state index contributed by atoms with van der Waals surface area (Å²) < 4.78 is 18.2. The van der Waals surface area contributed by atoms with Crippen LogP contribution in [0.2, 0.25) is 0 Å². The zero-order valence-electron chi connectivity index (χ0n) is 25.0. The Labute approximate surface area is 253 Å². The van der Waals surface area contributed by atoms with E-state index < -0.39 is 28.7 Å². The summed E-state index contributed by atoms with van der Waals surface area (Å²) in [5.41, 5.74) is 1.57. The number of fused-ring (bicyclic) bond motifs is 1. The normalized spacial score (nSPS) is 12.7. The molecular formula is C30H33N7O7. The van der Waals surface area contributed by atoms with E-state index in [4.69, 9.17) is 14.2 Å². The fourth-order valence-electron chi connectivity index (χ4n) is 4.32. The lowest BCUT2D eigenvalue weighted by molar-refractivity contribution is -0.384. The molecule has 0 unspecified atom stereocenters. The molecule has 2 heterocycles. The van der Waals surface area contributed by atoms with Gasteiger partial charge < -0.3 is 19.1 Å². The third-order valence-electron chi connectivity index (χ3n) is 6.50. The highest BCUT2D eigenvalue weighted by Crippen LogP contribution is 2.25. The number of nitro groups is 1. The van der Waals surface area contributed by atoms with Gasteiger partial charge in [0.15, 0.2) is 11.2 Å². The summed E-state index contributed by atoms with van der Waals surface area (Å²) in [6.07, 6.45) is 1.76. The summed E-state index contributed by atoms with van der Waals surface area (Å²) in [5, 5.41) is 11.0. The molecule has 2 atom stereocenters. The molecule has 14 nitrogen and oxygen atoms in total. The second kappa shape index (κ2) is 14.3. The van der Waals surface area contributed by atoms with Crippen molar-refractivity contribution in [1.82, 2.24) is 24.4 Å². The number of nitro benzene ring substituents is 1. The number of ether oxygens (including phenoxy) is 3. The van der Waals surface area contributed by atoms with Crippen LogP contribution in [0.5, 0.6) is 5.75 Å². The molecule has 2 aromatic heterocycles. The molecular weight excluding hydrogens is 570 g/mol. The number of benzene rings is 2. The van der Waals surface area contributed by atoms with E-state index >= 15 is 0 Å². The third-order valence-corrected chi connectivity index (χ3v) is 6.50. The first kappa shape index (κ1) is 31.7.